The zero-order valence-electron chi connectivity index (χ0n) is 7.61. The third-order valence-electron chi connectivity index (χ3n) is 1.97. The maximum Gasteiger partial charge on any atom is 0.258 e. The summed E-state index contributed by atoms with van der Waals surface area (Å²) < 4.78 is 6.09. The molecular formula is C10H9NO2S. The number of carbonyl (C=O) groups is 1. The number of amides is 1. The standard InChI is InChI=1S/C10H9NO2S/c1-13-7-3-2-6-4-9(10(11)12)14-8(6)5-7/h2-5H,1H3,(H2,11,12). The zero-order valence-corrected chi connectivity index (χ0v) is 8.43. The summed E-state index contributed by atoms with van der Waals surface area (Å²) in [4.78, 5) is 11.5. The van der Waals surface area contributed by atoms with Gasteiger partial charge in [0.1, 0.15) is 5.75 Å². The molecule has 1 amide bonds. The van der Waals surface area contributed by atoms with Gasteiger partial charge in [0.05, 0.1) is 12.0 Å². The van der Waals surface area contributed by atoms with Crippen LogP contribution in [-0.2, 0) is 0 Å². The fourth-order valence-corrected chi connectivity index (χ4v) is 2.20. The highest BCUT2D eigenvalue weighted by atomic mass is 32.1. The van der Waals surface area contributed by atoms with Gasteiger partial charge in [-0.3, -0.25) is 4.79 Å². The van der Waals surface area contributed by atoms with Crippen LogP contribution in [0.5, 0.6) is 5.75 Å². The molecule has 14 heavy (non-hydrogen) atoms. The fourth-order valence-electron chi connectivity index (χ4n) is 1.26. The number of rotatable bonds is 2. The van der Waals surface area contributed by atoms with Crippen LogP contribution in [0.1, 0.15) is 9.67 Å². The number of carbonyl (C=O) groups excluding carboxylic acids is 1. The first-order valence-corrected chi connectivity index (χ1v) is 4.90. The maximum atomic E-state index is 10.9. The number of nitrogens with two attached hydrogens (primary N) is 1. The summed E-state index contributed by atoms with van der Waals surface area (Å²) in [6.07, 6.45) is 0. The molecule has 72 valence electrons. The molecule has 0 aliphatic heterocycles. The molecule has 2 aromatic rings. The Bertz CT molecular complexity index is 490. The summed E-state index contributed by atoms with van der Waals surface area (Å²) in [5.41, 5.74) is 5.19. The van der Waals surface area contributed by atoms with Crippen LogP contribution < -0.4 is 10.5 Å². The lowest BCUT2D eigenvalue weighted by Crippen LogP contribution is -2.07. The number of methoxy groups -OCH3 is 1. The van der Waals surface area contributed by atoms with E-state index in [4.69, 9.17) is 10.5 Å². The van der Waals surface area contributed by atoms with E-state index in [1.54, 1.807) is 13.2 Å². The molecule has 1 aromatic heterocycles. The second kappa shape index (κ2) is 3.31. The largest absolute Gasteiger partial charge is 0.497 e. The third kappa shape index (κ3) is 1.44. The second-order valence-corrected chi connectivity index (χ2v) is 3.96. The number of primary amides is 1. The van der Waals surface area contributed by atoms with Crippen molar-refractivity contribution in [1.82, 2.24) is 0 Å². The topological polar surface area (TPSA) is 52.3 Å². The van der Waals surface area contributed by atoms with E-state index >= 15 is 0 Å². The molecule has 4 heteroatoms. The normalized spacial score (nSPS) is 10.4. The Balaban J connectivity index is 2.60. The maximum absolute atomic E-state index is 10.9. The van der Waals surface area contributed by atoms with Crippen molar-refractivity contribution >= 4 is 27.3 Å². The Morgan fingerprint density at radius 1 is 1.43 bits per heavy atom. The van der Waals surface area contributed by atoms with E-state index in [0.717, 1.165) is 15.8 Å². The fraction of sp³-hybridized carbons (Fsp3) is 0.100. The van der Waals surface area contributed by atoms with Crippen LogP contribution in [0.2, 0.25) is 0 Å². The van der Waals surface area contributed by atoms with Crippen molar-refractivity contribution < 1.29 is 9.53 Å². The molecule has 0 aliphatic carbocycles. The minimum absolute atomic E-state index is 0.384. The molecule has 0 saturated carbocycles. The zero-order chi connectivity index (χ0) is 10.1. The molecule has 0 spiro atoms. The molecule has 0 atom stereocenters. The Morgan fingerprint density at radius 2 is 2.21 bits per heavy atom. The highest BCUT2D eigenvalue weighted by Gasteiger charge is 2.06. The van der Waals surface area contributed by atoms with E-state index in [0.29, 0.717) is 4.88 Å². The van der Waals surface area contributed by atoms with Crippen LogP contribution in [0.3, 0.4) is 0 Å². The SMILES string of the molecule is COc1ccc2cc(C(N)=O)sc2c1. The van der Waals surface area contributed by atoms with Crippen molar-refractivity contribution in [1.29, 1.82) is 0 Å². The molecule has 0 saturated heterocycles. The lowest BCUT2D eigenvalue weighted by molar-refractivity contribution is 0.100. The van der Waals surface area contributed by atoms with Gasteiger partial charge >= 0.3 is 0 Å². The van der Waals surface area contributed by atoms with Gasteiger partial charge in [-0.15, -0.1) is 11.3 Å². The van der Waals surface area contributed by atoms with Crippen LogP contribution in [0.15, 0.2) is 24.3 Å². The van der Waals surface area contributed by atoms with E-state index in [2.05, 4.69) is 0 Å². The van der Waals surface area contributed by atoms with Gasteiger partial charge in [-0.25, -0.2) is 0 Å². The van der Waals surface area contributed by atoms with Gasteiger partial charge in [0.2, 0.25) is 0 Å². The van der Waals surface area contributed by atoms with Crippen LogP contribution in [0.25, 0.3) is 10.1 Å². The summed E-state index contributed by atoms with van der Waals surface area (Å²) in [5, 5.41) is 1.02. The molecule has 0 bridgehead atoms. The lowest BCUT2D eigenvalue weighted by Gasteiger charge is -1.97. The van der Waals surface area contributed by atoms with Crippen LogP contribution in [-0.4, -0.2) is 13.0 Å². The van der Waals surface area contributed by atoms with Gasteiger partial charge < -0.3 is 10.5 Å². The Hall–Kier alpha value is -1.55. The Labute approximate surface area is 85.1 Å². The first-order valence-electron chi connectivity index (χ1n) is 4.08. The van der Waals surface area contributed by atoms with Crippen LogP contribution in [0.4, 0.5) is 0 Å². The first-order chi connectivity index (χ1) is 6.70. The third-order valence-corrected chi connectivity index (χ3v) is 3.08. The minimum Gasteiger partial charge on any atom is -0.497 e. The van der Waals surface area contributed by atoms with Crippen LogP contribution in [0, 0.1) is 0 Å². The van der Waals surface area contributed by atoms with Crippen LogP contribution >= 0.6 is 11.3 Å². The predicted molar refractivity (Wildman–Crippen MR) is 56.9 cm³/mol. The van der Waals surface area contributed by atoms with Gasteiger partial charge in [-0.2, -0.15) is 0 Å². The highest BCUT2D eigenvalue weighted by molar-refractivity contribution is 7.20. The molecule has 3 nitrogen and oxygen atoms in total. The predicted octanol–water partition coefficient (Wildman–Crippen LogP) is 2.01. The van der Waals surface area contributed by atoms with Gasteiger partial charge in [0, 0.05) is 4.70 Å². The van der Waals surface area contributed by atoms with Gasteiger partial charge in [-0.05, 0) is 29.7 Å². The molecule has 0 unspecified atom stereocenters. The molecule has 2 rings (SSSR count). The summed E-state index contributed by atoms with van der Waals surface area (Å²) in [5.74, 6) is 0.403. The Morgan fingerprint density at radius 3 is 2.86 bits per heavy atom. The van der Waals surface area contributed by atoms with E-state index in [-0.39, 0.29) is 5.91 Å². The highest BCUT2D eigenvalue weighted by Crippen LogP contribution is 2.28. The number of fused-ring (bicyclic) bond motifs is 1. The van der Waals surface area contributed by atoms with E-state index in [9.17, 15) is 4.79 Å². The van der Waals surface area contributed by atoms with Crippen molar-refractivity contribution in [3.63, 3.8) is 0 Å². The van der Waals surface area contributed by atoms with E-state index in [1.807, 2.05) is 18.2 Å². The molecule has 0 fully saturated rings. The van der Waals surface area contributed by atoms with E-state index < -0.39 is 0 Å². The van der Waals surface area contributed by atoms with Crippen molar-refractivity contribution in [2.75, 3.05) is 7.11 Å². The van der Waals surface area contributed by atoms with Crippen molar-refractivity contribution in [3.05, 3.63) is 29.1 Å². The minimum atomic E-state index is -0.384. The average molecular weight is 207 g/mol. The molecule has 0 radical (unpaired) electrons. The van der Waals surface area contributed by atoms with E-state index in [1.165, 1.54) is 11.3 Å². The second-order valence-electron chi connectivity index (χ2n) is 2.88. The average Bonchev–Trinajstić information content (AvgIpc) is 2.59. The molecule has 0 aliphatic rings. The monoisotopic (exact) mass is 207 g/mol. The summed E-state index contributed by atoms with van der Waals surface area (Å²) in [6.45, 7) is 0. The molecular weight excluding hydrogens is 198 g/mol. The molecule has 1 heterocycles. The summed E-state index contributed by atoms with van der Waals surface area (Å²) in [6, 6.07) is 7.46. The van der Waals surface area contributed by atoms with Gasteiger partial charge in [-0.1, -0.05) is 0 Å². The van der Waals surface area contributed by atoms with Gasteiger partial charge in [0.15, 0.2) is 0 Å². The Kier molecular flexibility index (Phi) is 2.13. The van der Waals surface area contributed by atoms with Crippen molar-refractivity contribution in [3.8, 4) is 5.75 Å². The molecule has 2 N–H and O–H groups in total. The van der Waals surface area contributed by atoms with Crippen molar-refractivity contribution in [2.24, 2.45) is 5.73 Å². The molecule has 1 aromatic carbocycles. The quantitative estimate of drug-likeness (QED) is 0.819. The number of hydrogen-bond acceptors (Lipinski definition) is 3. The number of thiophene rings is 1. The van der Waals surface area contributed by atoms with Crippen molar-refractivity contribution in [2.45, 2.75) is 0 Å². The number of ether oxygens (including phenoxy) is 1. The van der Waals surface area contributed by atoms with Gasteiger partial charge in [0.25, 0.3) is 5.91 Å². The number of benzene rings is 1. The lowest BCUT2D eigenvalue weighted by atomic mass is 10.2. The first kappa shape index (κ1) is 9.02. The number of hydrogen-bond donors (Lipinski definition) is 1. The smallest absolute Gasteiger partial charge is 0.258 e. The summed E-state index contributed by atoms with van der Waals surface area (Å²) >= 11 is 1.38. The summed E-state index contributed by atoms with van der Waals surface area (Å²) in [7, 11) is 1.61.